The third kappa shape index (κ3) is 3.57. The number of piperazine rings is 1. The summed E-state index contributed by atoms with van der Waals surface area (Å²) >= 11 is 0. The first-order valence-electron chi connectivity index (χ1n) is 7.57. The molecular formula is C15H16N6O4. The molecule has 0 spiro atoms. The summed E-state index contributed by atoms with van der Waals surface area (Å²) in [5.74, 6) is 0.200. The summed E-state index contributed by atoms with van der Waals surface area (Å²) < 4.78 is 5.11. The summed E-state index contributed by atoms with van der Waals surface area (Å²) in [6, 6.07) is 6.06. The van der Waals surface area contributed by atoms with E-state index in [-0.39, 0.29) is 23.4 Å². The third-order valence-corrected chi connectivity index (χ3v) is 3.81. The Balaban J connectivity index is 1.67. The minimum absolute atomic E-state index is 0.0425. The molecule has 0 unspecified atom stereocenters. The number of nitrogens with two attached hydrogens (primary N) is 1. The van der Waals surface area contributed by atoms with Crippen molar-refractivity contribution in [1.82, 2.24) is 14.8 Å². The molecule has 0 atom stereocenters. The third-order valence-electron chi connectivity index (χ3n) is 3.81. The molecule has 1 fully saturated rings. The highest BCUT2D eigenvalue weighted by Crippen LogP contribution is 2.23. The van der Waals surface area contributed by atoms with Crippen LogP contribution in [-0.2, 0) is 0 Å². The SMILES string of the molecule is N/C(=N\c1ncccc1[N+](=O)[O-])N1CCN(C(=O)c2ccco2)CC1. The summed E-state index contributed by atoms with van der Waals surface area (Å²) in [5, 5.41) is 11.0. The van der Waals surface area contributed by atoms with E-state index in [0.29, 0.717) is 31.9 Å². The number of amides is 1. The summed E-state index contributed by atoms with van der Waals surface area (Å²) in [6.07, 6.45) is 2.87. The number of carbonyl (C=O) groups is 1. The molecule has 10 nitrogen and oxygen atoms in total. The van der Waals surface area contributed by atoms with Gasteiger partial charge < -0.3 is 20.0 Å². The fourth-order valence-corrected chi connectivity index (χ4v) is 2.49. The lowest BCUT2D eigenvalue weighted by Gasteiger charge is -2.34. The van der Waals surface area contributed by atoms with Crippen LogP contribution in [0.25, 0.3) is 0 Å². The quantitative estimate of drug-likeness (QED) is 0.380. The second-order valence-corrected chi connectivity index (χ2v) is 5.33. The number of hydrogen-bond acceptors (Lipinski definition) is 6. The minimum atomic E-state index is -0.556. The monoisotopic (exact) mass is 344 g/mol. The molecule has 1 aliphatic rings. The number of rotatable bonds is 3. The van der Waals surface area contributed by atoms with E-state index in [9.17, 15) is 14.9 Å². The lowest BCUT2D eigenvalue weighted by atomic mass is 10.3. The number of nitro groups is 1. The van der Waals surface area contributed by atoms with E-state index in [2.05, 4.69) is 9.98 Å². The molecule has 25 heavy (non-hydrogen) atoms. The zero-order chi connectivity index (χ0) is 17.8. The van der Waals surface area contributed by atoms with Gasteiger partial charge in [0.1, 0.15) is 0 Å². The molecule has 0 aromatic carbocycles. The Kier molecular flexibility index (Phi) is 4.59. The molecule has 10 heteroatoms. The van der Waals surface area contributed by atoms with Crippen LogP contribution in [0.1, 0.15) is 10.6 Å². The first-order valence-corrected chi connectivity index (χ1v) is 7.57. The van der Waals surface area contributed by atoms with Crippen molar-refractivity contribution in [2.75, 3.05) is 26.2 Å². The zero-order valence-electron chi connectivity index (χ0n) is 13.2. The maximum atomic E-state index is 12.2. The van der Waals surface area contributed by atoms with Crippen LogP contribution in [0.15, 0.2) is 46.1 Å². The van der Waals surface area contributed by atoms with Gasteiger partial charge in [-0.15, -0.1) is 0 Å². The van der Waals surface area contributed by atoms with Crippen LogP contribution >= 0.6 is 0 Å². The van der Waals surface area contributed by atoms with Crippen LogP contribution < -0.4 is 5.73 Å². The molecule has 2 N–H and O–H groups in total. The van der Waals surface area contributed by atoms with E-state index in [1.165, 1.54) is 24.6 Å². The molecule has 0 radical (unpaired) electrons. The van der Waals surface area contributed by atoms with Gasteiger partial charge in [-0.2, -0.15) is 4.99 Å². The van der Waals surface area contributed by atoms with Crippen molar-refractivity contribution in [1.29, 1.82) is 0 Å². The molecule has 1 aliphatic heterocycles. The van der Waals surface area contributed by atoms with Crippen LogP contribution in [0.2, 0.25) is 0 Å². The molecule has 2 aromatic heterocycles. The number of guanidine groups is 1. The second kappa shape index (κ2) is 6.99. The zero-order valence-corrected chi connectivity index (χ0v) is 13.2. The average molecular weight is 344 g/mol. The van der Waals surface area contributed by atoms with E-state index < -0.39 is 4.92 Å². The maximum Gasteiger partial charge on any atom is 0.313 e. The van der Waals surface area contributed by atoms with Crippen LogP contribution in [0.5, 0.6) is 0 Å². The number of aromatic nitrogens is 1. The van der Waals surface area contributed by atoms with Gasteiger partial charge >= 0.3 is 5.69 Å². The predicted molar refractivity (Wildman–Crippen MR) is 88.4 cm³/mol. The first kappa shape index (κ1) is 16.4. The van der Waals surface area contributed by atoms with Crippen LogP contribution in [0, 0.1) is 10.1 Å². The van der Waals surface area contributed by atoms with Crippen molar-refractivity contribution in [3.63, 3.8) is 0 Å². The summed E-state index contributed by atoms with van der Waals surface area (Å²) in [6.45, 7) is 1.81. The van der Waals surface area contributed by atoms with Gasteiger partial charge in [-0.25, -0.2) is 4.98 Å². The van der Waals surface area contributed by atoms with Gasteiger partial charge in [0.2, 0.25) is 5.82 Å². The molecule has 0 bridgehead atoms. The van der Waals surface area contributed by atoms with Crippen molar-refractivity contribution in [2.24, 2.45) is 10.7 Å². The topological polar surface area (TPSA) is 131 Å². The number of hydrogen-bond donors (Lipinski definition) is 1. The van der Waals surface area contributed by atoms with Crippen LogP contribution in [-0.4, -0.2) is 57.8 Å². The van der Waals surface area contributed by atoms with Crippen molar-refractivity contribution in [3.8, 4) is 0 Å². The lowest BCUT2D eigenvalue weighted by Crippen LogP contribution is -2.52. The van der Waals surface area contributed by atoms with Gasteiger partial charge in [-0.3, -0.25) is 14.9 Å². The van der Waals surface area contributed by atoms with E-state index in [1.807, 2.05) is 0 Å². The number of pyridine rings is 1. The van der Waals surface area contributed by atoms with Crippen LogP contribution in [0.4, 0.5) is 11.5 Å². The number of furan rings is 1. The first-order chi connectivity index (χ1) is 12.1. The Labute approximate surface area is 142 Å². The molecule has 1 amide bonds. The highest BCUT2D eigenvalue weighted by molar-refractivity contribution is 5.91. The van der Waals surface area contributed by atoms with Crippen molar-refractivity contribution in [2.45, 2.75) is 0 Å². The largest absolute Gasteiger partial charge is 0.459 e. The van der Waals surface area contributed by atoms with Gasteiger partial charge in [-0.1, -0.05) is 0 Å². The lowest BCUT2D eigenvalue weighted by molar-refractivity contribution is -0.384. The van der Waals surface area contributed by atoms with E-state index in [1.54, 1.807) is 21.9 Å². The number of nitrogens with zero attached hydrogens (tertiary/aromatic N) is 5. The van der Waals surface area contributed by atoms with E-state index in [0.717, 1.165) is 0 Å². The summed E-state index contributed by atoms with van der Waals surface area (Å²) in [5.41, 5.74) is 5.75. The molecular weight excluding hydrogens is 328 g/mol. The number of aliphatic imine (C=N–C) groups is 1. The Morgan fingerprint density at radius 2 is 1.96 bits per heavy atom. The Bertz CT molecular complexity index is 796. The number of carbonyl (C=O) groups excluding carboxylic acids is 1. The van der Waals surface area contributed by atoms with Gasteiger partial charge in [0.05, 0.1) is 11.2 Å². The summed E-state index contributed by atoms with van der Waals surface area (Å²) in [7, 11) is 0. The standard InChI is InChI=1S/C15H16N6O4/c16-15(18-13-11(21(23)24)3-1-5-17-13)20-8-6-19(7-9-20)14(22)12-4-2-10-25-12/h1-5,10H,6-9H2,(H2,16,17,18). The normalized spacial score (nSPS) is 15.3. The maximum absolute atomic E-state index is 12.2. The van der Waals surface area contributed by atoms with Gasteiger partial charge in [-0.05, 0) is 18.2 Å². The Hall–Kier alpha value is -3.43. The minimum Gasteiger partial charge on any atom is -0.459 e. The van der Waals surface area contributed by atoms with Gasteiger partial charge in [0, 0.05) is 38.4 Å². The average Bonchev–Trinajstić information content (AvgIpc) is 3.16. The van der Waals surface area contributed by atoms with Crippen LogP contribution in [0.3, 0.4) is 0 Å². The highest BCUT2D eigenvalue weighted by Gasteiger charge is 2.25. The van der Waals surface area contributed by atoms with Gasteiger partial charge in [0.25, 0.3) is 5.91 Å². The fourth-order valence-electron chi connectivity index (χ4n) is 2.49. The van der Waals surface area contributed by atoms with E-state index >= 15 is 0 Å². The molecule has 0 aliphatic carbocycles. The predicted octanol–water partition coefficient (Wildman–Crippen LogP) is 0.987. The smallest absolute Gasteiger partial charge is 0.313 e. The molecule has 1 saturated heterocycles. The second-order valence-electron chi connectivity index (χ2n) is 5.33. The Morgan fingerprint density at radius 1 is 1.24 bits per heavy atom. The molecule has 3 heterocycles. The molecule has 3 rings (SSSR count). The highest BCUT2D eigenvalue weighted by atomic mass is 16.6. The van der Waals surface area contributed by atoms with Crippen molar-refractivity contribution in [3.05, 3.63) is 52.6 Å². The molecule has 0 saturated carbocycles. The van der Waals surface area contributed by atoms with Crippen molar-refractivity contribution < 1.29 is 14.1 Å². The Morgan fingerprint density at radius 3 is 2.60 bits per heavy atom. The van der Waals surface area contributed by atoms with E-state index in [4.69, 9.17) is 10.2 Å². The van der Waals surface area contributed by atoms with Gasteiger partial charge in [0.15, 0.2) is 11.7 Å². The molecule has 2 aromatic rings. The fraction of sp³-hybridized carbons (Fsp3) is 0.267. The summed E-state index contributed by atoms with van der Waals surface area (Å²) in [4.78, 5) is 34.0. The molecule has 130 valence electrons. The van der Waals surface area contributed by atoms with Crippen molar-refractivity contribution >= 4 is 23.4 Å².